The predicted molar refractivity (Wildman–Crippen MR) is 84.5 cm³/mol. The van der Waals surface area contributed by atoms with Gasteiger partial charge < -0.3 is 10.1 Å². The van der Waals surface area contributed by atoms with Crippen molar-refractivity contribution in [2.24, 2.45) is 0 Å². The number of anilines is 1. The number of esters is 1. The molecule has 0 spiro atoms. The molecule has 110 valence electrons. The van der Waals surface area contributed by atoms with Crippen LogP contribution in [0.25, 0.3) is 0 Å². The van der Waals surface area contributed by atoms with Gasteiger partial charge in [0.25, 0.3) is 5.91 Å². The summed E-state index contributed by atoms with van der Waals surface area (Å²) >= 11 is 7.20. The standard InChI is InChI=1S/C15H14ClNO3S/c1-8-4-10(6-11(16)5-8)14(18)17-12-9(2)7-21-13(12)15(19)20-3/h4-7H,1-3H3,(H,17,18). The largest absolute Gasteiger partial charge is 0.465 e. The Morgan fingerprint density at radius 1 is 1.24 bits per heavy atom. The molecule has 0 aliphatic rings. The monoisotopic (exact) mass is 323 g/mol. The molecule has 1 N–H and O–H groups in total. The Bertz CT molecular complexity index is 689. The first-order chi connectivity index (χ1) is 9.92. The number of carbonyl (C=O) groups is 2. The minimum Gasteiger partial charge on any atom is -0.465 e. The van der Waals surface area contributed by atoms with Crippen molar-refractivity contribution in [1.29, 1.82) is 0 Å². The fourth-order valence-electron chi connectivity index (χ4n) is 1.90. The van der Waals surface area contributed by atoms with Crippen molar-refractivity contribution in [2.45, 2.75) is 13.8 Å². The van der Waals surface area contributed by atoms with Gasteiger partial charge in [-0.15, -0.1) is 11.3 Å². The minimum atomic E-state index is -0.467. The van der Waals surface area contributed by atoms with Crippen LogP contribution in [0.1, 0.15) is 31.2 Å². The summed E-state index contributed by atoms with van der Waals surface area (Å²) < 4.78 is 4.71. The summed E-state index contributed by atoms with van der Waals surface area (Å²) in [4.78, 5) is 24.4. The highest BCUT2D eigenvalue weighted by Crippen LogP contribution is 2.29. The normalized spacial score (nSPS) is 10.3. The van der Waals surface area contributed by atoms with Crippen LogP contribution in [-0.2, 0) is 4.74 Å². The van der Waals surface area contributed by atoms with Crippen LogP contribution in [0.4, 0.5) is 5.69 Å². The summed E-state index contributed by atoms with van der Waals surface area (Å²) in [6, 6.07) is 5.10. The summed E-state index contributed by atoms with van der Waals surface area (Å²) in [5, 5.41) is 5.05. The molecular formula is C15H14ClNO3S. The zero-order valence-corrected chi connectivity index (χ0v) is 13.4. The van der Waals surface area contributed by atoms with Crippen LogP contribution in [0.5, 0.6) is 0 Å². The van der Waals surface area contributed by atoms with Crippen molar-refractivity contribution in [3.63, 3.8) is 0 Å². The topological polar surface area (TPSA) is 55.4 Å². The minimum absolute atomic E-state index is 0.313. The lowest BCUT2D eigenvalue weighted by atomic mass is 10.1. The first-order valence-electron chi connectivity index (χ1n) is 6.17. The third-order valence-electron chi connectivity index (χ3n) is 2.89. The summed E-state index contributed by atoms with van der Waals surface area (Å²) in [5.41, 5.74) is 2.63. The zero-order valence-electron chi connectivity index (χ0n) is 11.8. The molecule has 0 aliphatic carbocycles. The number of carbonyl (C=O) groups excluding carboxylic acids is 2. The molecule has 1 aromatic carbocycles. The number of thiophene rings is 1. The third-order valence-corrected chi connectivity index (χ3v) is 4.18. The molecule has 0 fully saturated rings. The maximum atomic E-state index is 12.3. The Morgan fingerprint density at radius 2 is 1.95 bits per heavy atom. The van der Waals surface area contributed by atoms with E-state index < -0.39 is 5.97 Å². The molecule has 0 saturated heterocycles. The van der Waals surface area contributed by atoms with Gasteiger partial charge in [-0.05, 0) is 48.6 Å². The predicted octanol–water partition coefficient (Wildman–Crippen LogP) is 4.06. The SMILES string of the molecule is COC(=O)c1scc(C)c1NC(=O)c1cc(C)cc(Cl)c1. The fraction of sp³-hybridized carbons (Fsp3) is 0.200. The van der Waals surface area contributed by atoms with Gasteiger partial charge in [0.1, 0.15) is 4.88 Å². The Labute approximate surface area is 131 Å². The van der Waals surface area contributed by atoms with Crippen molar-refractivity contribution in [3.8, 4) is 0 Å². The van der Waals surface area contributed by atoms with Crippen LogP contribution in [0.2, 0.25) is 5.02 Å². The van der Waals surface area contributed by atoms with Gasteiger partial charge in [0.2, 0.25) is 0 Å². The number of methoxy groups -OCH3 is 1. The molecular weight excluding hydrogens is 310 g/mol. The maximum absolute atomic E-state index is 12.3. The van der Waals surface area contributed by atoms with Gasteiger partial charge in [-0.2, -0.15) is 0 Å². The first-order valence-corrected chi connectivity index (χ1v) is 7.43. The second-order valence-corrected chi connectivity index (χ2v) is 5.90. The van der Waals surface area contributed by atoms with Crippen LogP contribution in [0, 0.1) is 13.8 Å². The van der Waals surface area contributed by atoms with Crippen molar-refractivity contribution in [3.05, 3.63) is 50.2 Å². The number of ether oxygens (including phenoxy) is 1. The Morgan fingerprint density at radius 3 is 2.57 bits per heavy atom. The smallest absolute Gasteiger partial charge is 0.350 e. The number of hydrogen-bond donors (Lipinski definition) is 1. The quantitative estimate of drug-likeness (QED) is 0.867. The van der Waals surface area contributed by atoms with Gasteiger partial charge in [0, 0.05) is 10.6 Å². The molecule has 2 aromatic rings. The number of rotatable bonds is 3. The number of aryl methyl sites for hydroxylation is 2. The number of benzene rings is 1. The van der Waals surface area contributed by atoms with Crippen LogP contribution in [0.3, 0.4) is 0 Å². The second kappa shape index (κ2) is 6.28. The second-order valence-electron chi connectivity index (χ2n) is 4.59. The lowest BCUT2D eigenvalue weighted by molar-refractivity contribution is 0.0607. The van der Waals surface area contributed by atoms with E-state index in [0.717, 1.165) is 11.1 Å². The average Bonchev–Trinajstić information content (AvgIpc) is 2.78. The van der Waals surface area contributed by atoms with E-state index in [2.05, 4.69) is 5.32 Å². The number of amides is 1. The highest BCUT2D eigenvalue weighted by atomic mass is 35.5. The maximum Gasteiger partial charge on any atom is 0.350 e. The molecule has 4 nitrogen and oxygen atoms in total. The van der Waals surface area contributed by atoms with Gasteiger partial charge in [-0.3, -0.25) is 4.79 Å². The van der Waals surface area contributed by atoms with Gasteiger partial charge in [0.05, 0.1) is 12.8 Å². The number of nitrogens with one attached hydrogen (secondary N) is 1. The summed E-state index contributed by atoms with van der Waals surface area (Å²) in [5.74, 6) is -0.780. The molecule has 0 unspecified atom stereocenters. The third kappa shape index (κ3) is 3.43. The van der Waals surface area contributed by atoms with Crippen molar-refractivity contribution in [2.75, 3.05) is 12.4 Å². The first kappa shape index (κ1) is 15.5. The summed E-state index contributed by atoms with van der Waals surface area (Å²) in [6.45, 7) is 3.68. The lowest BCUT2D eigenvalue weighted by Gasteiger charge is -2.08. The van der Waals surface area contributed by atoms with E-state index in [1.165, 1.54) is 18.4 Å². The Balaban J connectivity index is 2.31. The summed E-state index contributed by atoms with van der Waals surface area (Å²) in [6.07, 6.45) is 0. The zero-order chi connectivity index (χ0) is 15.6. The van der Waals surface area contributed by atoms with E-state index in [4.69, 9.17) is 16.3 Å². The van der Waals surface area contributed by atoms with E-state index in [1.54, 1.807) is 23.6 Å². The number of halogens is 1. The molecule has 6 heteroatoms. The molecule has 0 bridgehead atoms. The van der Waals surface area contributed by atoms with Crippen LogP contribution in [0.15, 0.2) is 23.6 Å². The van der Waals surface area contributed by atoms with E-state index in [1.807, 2.05) is 13.8 Å². The fourth-order valence-corrected chi connectivity index (χ4v) is 3.11. The molecule has 0 saturated carbocycles. The molecule has 1 amide bonds. The molecule has 0 atom stereocenters. The molecule has 1 aromatic heterocycles. The molecule has 0 radical (unpaired) electrons. The lowest BCUT2D eigenvalue weighted by Crippen LogP contribution is -2.15. The number of hydrogen-bond acceptors (Lipinski definition) is 4. The van der Waals surface area contributed by atoms with Gasteiger partial charge >= 0.3 is 5.97 Å². The highest BCUT2D eigenvalue weighted by molar-refractivity contribution is 7.12. The molecule has 21 heavy (non-hydrogen) atoms. The molecule has 1 heterocycles. The van der Waals surface area contributed by atoms with Gasteiger partial charge in [-0.1, -0.05) is 11.6 Å². The summed E-state index contributed by atoms with van der Waals surface area (Å²) in [7, 11) is 1.31. The Kier molecular flexibility index (Phi) is 4.65. The van der Waals surface area contributed by atoms with E-state index in [9.17, 15) is 9.59 Å². The average molecular weight is 324 g/mol. The van der Waals surface area contributed by atoms with Crippen molar-refractivity contribution >= 4 is 40.5 Å². The van der Waals surface area contributed by atoms with Crippen molar-refractivity contribution < 1.29 is 14.3 Å². The van der Waals surface area contributed by atoms with E-state index in [0.29, 0.717) is 21.2 Å². The highest BCUT2D eigenvalue weighted by Gasteiger charge is 2.19. The van der Waals surface area contributed by atoms with E-state index in [-0.39, 0.29) is 5.91 Å². The van der Waals surface area contributed by atoms with Crippen LogP contribution < -0.4 is 5.32 Å². The van der Waals surface area contributed by atoms with Crippen LogP contribution >= 0.6 is 22.9 Å². The van der Waals surface area contributed by atoms with Crippen LogP contribution in [-0.4, -0.2) is 19.0 Å². The van der Waals surface area contributed by atoms with Crippen molar-refractivity contribution in [1.82, 2.24) is 0 Å². The van der Waals surface area contributed by atoms with Gasteiger partial charge in [-0.25, -0.2) is 4.79 Å². The van der Waals surface area contributed by atoms with Gasteiger partial charge in [0.15, 0.2) is 0 Å². The Hall–Kier alpha value is -1.85. The van der Waals surface area contributed by atoms with E-state index >= 15 is 0 Å². The molecule has 0 aliphatic heterocycles. The molecule has 2 rings (SSSR count).